The smallest absolute Gasteiger partial charge is 0.126 e. The summed E-state index contributed by atoms with van der Waals surface area (Å²) in [5.74, 6) is 5.41. The summed E-state index contributed by atoms with van der Waals surface area (Å²) in [6.45, 7) is 0. The van der Waals surface area contributed by atoms with Crippen molar-refractivity contribution in [2.24, 2.45) is 5.84 Å². The summed E-state index contributed by atoms with van der Waals surface area (Å²) in [6.07, 6.45) is 2.53. The second-order valence-electron chi connectivity index (χ2n) is 4.43. The maximum Gasteiger partial charge on any atom is 0.126 e. The fraction of sp³-hybridized carbons (Fsp3) is 0.200. The molecule has 106 valence electrons. The SMILES string of the molecule is CSc1ccc(C(Cc2cc(Br)ccc2F)NN)cc1. The first-order chi connectivity index (χ1) is 9.63. The summed E-state index contributed by atoms with van der Waals surface area (Å²) in [6, 6.07) is 13.0. The van der Waals surface area contributed by atoms with Gasteiger partial charge >= 0.3 is 0 Å². The molecule has 0 aliphatic heterocycles. The molecular weight excluding hydrogens is 339 g/mol. The third-order valence-corrected chi connectivity index (χ3v) is 4.39. The van der Waals surface area contributed by atoms with Crippen molar-refractivity contribution in [1.82, 2.24) is 5.43 Å². The van der Waals surface area contributed by atoms with E-state index < -0.39 is 0 Å². The number of nitrogens with one attached hydrogen (secondary N) is 1. The van der Waals surface area contributed by atoms with E-state index in [1.807, 2.05) is 30.5 Å². The van der Waals surface area contributed by atoms with E-state index >= 15 is 0 Å². The van der Waals surface area contributed by atoms with Gasteiger partial charge in [0.15, 0.2) is 0 Å². The van der Waals surface area contributed by atoms with Crippen LogP contribution in [0.15, 0.2) is 51.8 Å². The van der Waals surface area contributed by atoms with E-state index in [1.54, 1.807) is 23.9 Å². The van der Waals surface area contributed by atoms with Crippen LogP contribution in [0.4, 0.5) is 4.39 Å². The Balaban J connectivity index is 2.21. The lowest BCUT2D eigenvalue weighted by Gasteiger charge is -2.17. The largest absolute Gasteiger partial charge is 0.271 e. The summed E-state index contributed by atoms with van der Waals surface area (Å²) in [5, 5.41) is 0. The number of hydrogen-bond acceptors (Lipinski definition) is 3. The summed E-state index contributed by atoms with van der Waals surface area (Å²) in [7, 11) is 0. The molecule has 0 aliphatic rings. The zero-order valence-corrected chi connectivity index (χ0v) is 13.5. The molecule has 0 saturated heterocycles. The molecule has 0 aliphatic carbocycles. The van der Waals surface area contributed by atoms with Crippen LogP contribution >= 0.6 is 27.7 Å². The first-order valence-electron chi connectivity index (χ1n) is 6.18. The Hall–Kier alpha value is -0.880. The summed E-state index contributed by atoms with van der Waals surface area (Å²) in [5.41, 5.74) is 4.44. The Morgan fingerprint density at radius 2 is 1.95 bits per heavy atom. The van der Waals surface area contributed by atoms with Crippen LogP contribution in [0.3, 0.4) is 0 Å². The van der Waals surface area contributed by atoms with Gasteiger partial charge in [0.1, 0.15) is 5.82 Å². The molecule has 0 amide bonds. The number of halogens is 2. The minimum Gasteiger partial charge on any atom is -0.271 e. The first-order valence-corrected chi connectivity index (χ1v) is 8.20. The number of hydrazine groups is 1. The molecule has 2 nitrogen and oxygen atoms in total. The Morgan fingerprint density at radius 1 is 1.25 bits per heavy atom. The van der Waals surface area contributed by atoms with Crippen LogP contribution in [0.5, 0.6) is 0 Å². The molecule has 2 rings (SSSR count). The van der Waals surface area contributed by atoms with Crippen molar-refractivity contribution in [3.63, 3.8) is 0 Å². The minimum absolute atomic E-state index is 0.116. The first kappa shape index (κ1) is 15.5. The van der Waals surface area contributed by atoms with E-state index in [9.17, 15) is 4.39 Å². The van der Waals surface area contributed by atoms with Crippen molar-refractivity contribution in [3.05, 3.63) is 63.9 Å². The molecular formula is C15H16BrFN2S. The number of hydrogen-bond donors (Lipinski definition) is 2. The highest BCUT2D eigenvalue weighted by Crippen LogP contribution is 2.24. The second kappa shape index (κ2) is 7.22. The Bertz CT molecular complexity index is 575. The molecule has 1 atom stereocenters. The van der Waals surface area contributed by atoms with Crippen LogP contribution in [0.25, 0.3) is 0 Å². The predicted molar refractivity (Wildman–Crippen MR) is 86.1 cm³/mol. The van der Waals surface area contributed by atoms with Crippen molar-refractivity contribution >= 4 is 27.7 Å². The molecule has 0 bridgehead atoms. The second-order valence-corrected chi connectivity index (χ2v) is 6.23. The molecule has 0 fully saturated rings. The quantitative estimate of drug-likeness (QED) is 0.483. The van der Waals surface area contributed by atoms with Crippen molar-refractivity contribution in [2.75, 3.05) is 6.26 Å². The normalized spacial score (nSPS) is 12.4. The van der Waals surface area contributed by atoms with Gasteiger partial charge < -0.3 is 0 Å². The summed E-state index contributed by atoms with van der Waals surface area (Å²) < 4.78 is 14.7. The molecule has 5 heteroatoms. The molecule has 3 N–H and O–H groups in total. The molecule has 0 aromatic heterocycles. The van der Waals surface area contributed by atoms with E-state index in [0.29, 0.717) is 12.0 Å². The van der Waals surface area contributed by atoms with Gasteiger partial charge in [0.05, 0.1) is 6.04 Å². The van der Waals surface area contributed by atoms with Gasteiger partial charge in [0.25, 0.3) is 0 Å². The number of benzene rings is 2. The summed E-state index contributed by atoms with van der Waals surface area (Å²) in [4.78, 5) is 1.19. The third kappa shape index (κ3) is 3.82. The number of nitrogens with two attached hydrogens (primary N) is 1. The van der Waals surface area contributed by atoms with Gasteiger partial charge in [0.2, 0.25) is 0 Å². The van der Waals surface area contributed by atoms with Crippen molar-refractivity contribution in [1.29, 1.82) is 0 Å². The van der Waals surface area contributed by atoms with Crippen LogP contribution in [0.1, 0.15) is 17.2 Å². The Labute approximate surface area is 131 Å². The van der Waals surface area contributed by atoms with Gasteiger partial charge in [-0.15, -0.1) is 11.8 Å². The fourth-order valence-corrected chi connectivity index (χ4v) is 2.85. The van der Waals surface area contributed by atoms with Gasteiger partial charge in [-0.1, -0.05) is 28.1 Å². The van der Waals surface area contributed by atoms with Gasteiger partial charge in [-0.05, 0) is 54.1 Å². The fourth-order valence-electron chi connectivity index (χ4n) is 2.03. The van der Waals surface area contributed by atoms with Crippen LogP contribution < -0.4 is 11.3 Å². The third-order valence-electron chi connectivity index (χ3n) is 3.15. The molecule has 1 unspecified atom stereocenters. The van der Waals surface area contributed by atoms with Crippen LogP contribution in [0.2, 0.25) is 0 Å². The minimum atomic E-state index is -0.214. The molecule has 2 aromatic rings. The standard InChI is InChI=1S/C15H16BrFN2S/c1-20-13-5-2-10(3-6-13)15(19-18)9-11-8-12(16)4-7-14(11)17/h2-8,15,19H,9,18H2,1H3. The lowest BCUT2D eigenvalue weighted by molar-refractivity contribution is 0.528. The topological polar surface area (TPSA) is 38.0 Å². The molecule has 0 spiro atoms. The number of thioether (sulfide) groups is 1. The van der Waals surface area contributed by atoms with Gasteiger partial charge in [-0.25, -0.2) is 4.39 Å². The van der Waals surface area contributed by atoms with Gasteiger partial charge in [-0.3, -0.25) is 11.3 Å². The molecule has 0 saturated carbocycles. The van der Waals surface area contributed by atoms with Crippen molar-refractivity contribution < 1.29 is 4.39 Å². The predicted octanol–water partition coefficient (Wildman–Crippen LogP) is 4.06. The molecule has 20 heavy (non-hydrogen) atoms. The molecule has 2 aromatic carbocycles. The van der Waals surface area contributed by atoms with E-state index in [1.165, 1.54) is 11.0 Å². The zero-order valence-electron chi connectivity index (χ0n) is 11.1. The lowest BCUT2D eigenvalue weighted by Crippen LogP contribution is -2.29. The van der Waals surface area contributed by atoms with E-state index in [2.05, 4.69) is 21.4 Å². The van der Waals surface area contributed by atoms with Crippen molar-refractivity contribution in [2.45, 2.75) is 17.4 Å². The average Bonchev–Trinajstić information content (AvgIpc) is 2.48. The monoisotopic (exact) mass is 354 g/mol. The maximum absolute atomic E-state index is 13.8. The molecule has 0 radical (unpaired) electrons. The number of rotatable bonds is 5. The highest BCUT2D eigenvalue weighted by atomic mass is 79.9. The van der Waals surface area contributed by atoms with Crippen LogP contribution in [-0.4, -0.2) is 6.26 Å². The Morgan fingerprint density at radius 3 is 2.55 bits per heavy atom. The van der Waals surface area contributed by atoms with E-state index in [4.69, 9.17) is 5.84 Å². The highest BCUT2D eigenvalue weighted by Gasteiger charge is 2.13. The molecule has 0 heterocycles. The highest BCUT2D eigenvalue weighted by molar-refractivity contribution is 9.10. The Kier molecular flexibility index (Phi) is 5.60. The van der Waals surface area contributed by atoms with Gasteiger partial charge in [0, 0.05) is 9.37 Å². The summed E-state index contributed by atoms with van der Waals surface area (Å²) >= 11 is 5.05. The zero-order chi connectivity index (χ0) is 14.5. The maximum atomic E-state index is 13.8. The average molecular weight is 355 g/mol. The van der Waals surface area contributed by atoms with E-state index in [0.717, 1.165) is 10.0 Å². The van der Waals surface area contributed by atoms with Crippen LogP contribution in [-0.2, 0) is 6.42 Å². The lowest BCUT2D eigenvalue weighted by atomic mass is 9.99. The van der Waals surface area contributed by atoms with E-state index in [-0.39, 0.29) is 11.9 Å². The van der Waals surface area contributed by atoms with Gasteiger partial charge in [-0.2, -0.15) is 0 Å². The van der Waals surface area contributed by atoms with Crippen LogP contribution in [0, 0.1) is 5.82 Å². The van der Waals surface area contributed by atoms with Crippen molar-refractivity contribution in [3.8, 4) is 0 Å².